The van der Waals surface area contributed by atoms with Crippen LogP contribution in [0.4, 0.5) is 0 Å². The van der Waals surface area contributed by atoms with Crippen LogP contribution in [0.25, 0.3) is 0 Å². The summed E-state index contributed by atoms with van der Waals surface area (Å²) in [7, 11) is 2.29. The molecule has 0 aromatic heterocycles. The lowest BCUT2D eigenvalue weighted by atomic mass is 10.1. The van der Waals surface area contributed by atoms with E-state index in [9.17, 15) is 19.8 Å². The molecule has 0 saturated carbocycles. The number of aromatic hydroxyl groups is 1. The first-order chi connectivity index (χ1) is 8.01. The molecule has 17 heavy (non-hydrogen) atoms. The average Bonchev–Trinajstić information content (AvgIpc) is 2.36. The molecule has 0 aliphatic rings. The Morgan fingerprint density at radius 2 is 1.88 bits per heavy atom. The summed E-state index contributed by atoms with van der Waals surface area (Å²) in [5.41, 5.74) is 0.00278. The molecule has 92 valence electrons. The van der Waals surface area contributed by atoms with E-state index in [0.717, 1.165) is 14.2 Å². The normalized spacial score (nSPS) is 11.7. The third-order valence-corrected chi connectivity index (χ3v) is 2.17. The van der Waals surface area contributed by atoms with E-state index in [-0.39, 0.29) is 16.9 Å². The van der Waals surface area contributed by atoms with Crippen molar-refractivity contribution in [3.63, 3.8) is 0 Å². The van der Waals surface area contributed by atoms with Gasteiger partial charge in [0.25, 0.3) is 0 Å². The van der Waals surface area contributed by atoms with E-state index in [1.54, 1.807) is 0 Å². The van der Waals surface area contributed by atoms with Crippen LogP contribution in [0.2, 0.25) is 0 Å². The van der Waals surface area contributed by atoms with Gasteiger partial charge in [-0.25, -0.2) is 9.59 Å². The Bertz CT molecular complexity index is 440. The molecule has 1 unspecified atom stereocenters. The summed E-state index contributed by atoms with van der Waals surface area (Å²) in [4.78, 5) is 22.4. The standard InChI is InChI=1S/C11H12O6/c1-16-10(14)7-5-6(3-4-8(7)12)9(13)11(15)17-2/h3-5,9,12-13H,1-2H3. The second-order valence-electron chi connectivity index (χ2n) is 3.19. The number of carbonyl (C=O) groups is 2. The summed E-state index contributed by atoms with van der Waals surface area (Å²) in [5.74, 6) is -1.91. The molecule has 0 saturated heterocycles. The highest BCUT2D eigenvalue weighted by Crippen LogP contribution is 2.23. The Kier molecular flexibility index (Phi) is 4.06. The second kappa shape index (κ2) is 5.31. The van der Waals surface area contributed by atoms with Crippen LogP contribution < -0.4 is 0 Å². The minimum atomic E-state index is -1.51. The van der Waals surface area contributed by atoms with E-state index in [4.69, 9.17) is 0 Å². The predicted molar refractivity (Wildman–Crippen MR) is 56.4 cm³/mol. The van der Waals surface area contributed by atoms with Crippen molar-refractivity contribution in [3.8, 4) is 5.75 Å². The minimum absolute atomic E-state index is 0.132. The van der Waals surface area contributed by atoms with Crippen molar-refractivity contribution in [2.45, 2.75) is 6.10 Å². The second-order valence-corrected chi connectivity index (χ2v) is 3.19. The van der Waals surface area contributed by atoms with Gasteiger partial charge in [-0.1, -0.05) is 6.07 Å². The number of ether oxygens (including phenoxy) is 2. The smallest absolute Gasteiger partial charge is 0.341 e. The SMILES string of the molecule is COC(=O)c1cc(C(O)C(=O)OC)ccc1O. The van der Waals surface area contributed by atoms with Gasteiger partial charge in [-0.2, -0.15) is 0 Å². The van der Waals surface area contributed by atoms with E-state index < -0.39 is 18.0 Å². The molecule has 1 atom stereocenters. The number of benzene rings is 1. The van der Waals surface area contributed by atoms with E-state index >= 15 is 0 Å². The lowest BCUT2D eigenvalue weighted by Crippen LogP contribution is -2.14. The van der Waals surface area contributed by atoms with Crippen LogP contribution in [-0.4, -0.2) is 36.4 Å². The van der Waals surface area contributed by atoms with Crippen LogP contribution in [0.1, 0.15) is 22.0 Å². The van der Waals surface area contributed by atoms with Gasteiger partial charge in [-0.15, -0.1) is 0 Å². The zero-order valence-electron chi connectivity index (χ0n) is 9.34. The molecule has 0 aliphatic heterocycles. The number of phenols is 1. The molecule has 2 N–H and O–H groups in total. The minimum Gasteiger partial charge on any atom is -0.507 e. The fourth-order valence-electron chi connectivity index (χ4n) is 1.24. The van der Waals surface area contributed by atoms with E-state index in [1.807, 2.05) is 0 Å². The molecule has 1 aromatic carbocycles. The van der Waals surface area contributed by atoms with Gasteiger partial charge in [0.05, 0.1) is 14.2 Å². The molecule has 0 spiro atoms. The van der Waals surface area contributed by atoms with Crippen LogP contribution in [0, 0.1) is 0 Å². The van der Waals surface area contributed by atoms with Crippen molar-refractivity contribution < 1.29 is 29.3 Å². The maximum atomic E-state index is 11.3. The number of methoxy groups -OCH3 is 2. The first-order valence-corrected chi connectivity index (χ1v) is 4.68. The molecular formula is C11H12O6. The maximum Gasteiger partial charge on any atom is 0.341 e. The van der Waals surface area contributed by atoms with Crippen LogP contribution in [0.15, 0.2) is 18.2 Å². The molecule has 1 rings (SSSR count). The average molecular weight is 240 g/mol. The molecule has 0 fully saturated rings. The van der Waals surface area contributed by atoms with Crippen LogP contribution in [0.5, 0.6) is 5.75 Å². The van der Waals surface area contributed by atoms with Crippen molar-refractivity contribution in [1.29, 1.82) is 0 Å². The van der Waals surface area contributed by atoms with E-state index in [2.05, 4.69) is 9.47 Å². The number of aliphatic hydroxyl groups excluding tert-OH is 1. The van der Waals surface area contributed by atoms with Gasteiger partial charge in [0.15, 0.2) is 6.10 Å². The van der Waals surface area contributed by atoms with Crippen LogP contribution in [-0.2, 0) is 14.3 Å². The molecular weight excluding hydrogens is 228 g/mol. The number of hydrogen-bond acceptors (Lipinski definition) is 6. The summed E-state index contributed by atoms with van der Waals surface area (Å²) in [6.07, 6.45) is -1.51. The monoisotopic (exact) mass is 240 g/mol. The van der Waals surface area contributed by atoms with E-state index in [1.165, 1.54) is 18.2 Å². The van der Waals surface area contributed by atoms with Gasteiger partial charge >= 0.3 is 11.9 Å². The Morgan fingerprint density at radius 3 is 2.41 bits per heavy atom. The predicted octanol–water partition coefficient (Wildman–Crippen LogP) is 0.385. The van der Waals surface area contributed by atoms with Gasteiger partial charge in [0.1, 0.15) is 11.3 Å². The molecule has 0 heterocycles. The van der Waals surface area contributed by atoms with Gasteiger partial charge in [0.2, 0.25) is 0 Å². The summed E-state index contributed by atoms with van der Waals surface area (Å²) >= 11 is 0. The number of aliphatic hydroxyl groups is 1. The molecule has 0 radical (unpaired) electrons. The Balaban J connectivity index is 3.12. The third kappa shape index (κ3) is 2.73. The number of carbonyl (C=O) groups excluding carboxylic acids is 2. The summed E-state index contributed by atoms with van der Waals surface area (Å²) in [6, 6.07) is 3.67. The number of phenolic OH excluding ortho intramolecular Hbond substituents is 1. The zero-order valence-corrected chi connectivity index (χ0v) is 9.34. The number of esters is 2. The van der Waals surface area contributed by atoms with Gasteiger partial charge in [-0.3, -0.25) is 0 Å². The first-order valence-electron chi connectivity index (χ1n) is 4.68. The van der Waals surface area contributed by atoms with Crippen molar-refractivity contribution in [3.05, 3.63) is 29.3 Å². The summed E-state index contributed by atoms with van der Waals surface area (Å²) in [6.45, 7) is 0. The van der Waals surface area contributed by atoms with Crippen LogP contribution >= 0.6 is 0 Å². The topological polar surface area (TPSA) is 93.1 Å². The lowest BCUT2D eigenvalue weighted by Gasteiger charge is -2.10. The fraction of sp³-hybridized carbons (Fsp3) is 0.273. The molecule has 0 amide bonds. The van der Waals surface area contributed by atoms with E-state index in [0.29, 0.717) is 0 Å². The largest absolute Gasteiger partial charge is 0.507 e. The lowest BCUT2D eigenvalue weighted by molar-refractivity contribution is -0.150. The van der Waals surface area contributed by atoms with Crippen LogP contribution in [0.3, 0.4) is 0 Å². The quantitative estimate of drug-likeness (QED) is 0.742. The molecule has 0 aliphatic carbocycles. The summed E-state index contributed by atoms with van der Waals surface area (Å²) in [5, 5.41) is 19.0. The molecule has 6 nitrogen and oxygen atoms in total. The van der Waals surface area contributed by atoms with Crippen molar-refractivity contribution in [1.82, 2.24) is 0 Å². The maximum absolute atomic E-state index is 11.3. The highest BCUT2D eigenvalue weighted by atomic mass is 16.5. The zero-order chi connectivity index (χ0) is 13.0. The Labute approximate surface area is 97.4 Å². The highest BCUT2D eigenvalue weighted by Gasteiger charge is 2.21. The Hall–Kier alpha value is -2.08. The van der Waals surface area contributed by atoms with Crippen molar-refractivity contribution >= 4 is 11.9 Å². The first kappa shape index (κ1) is 13.0. The molecule has 0 bridgehead atoms. The third-order valence-electron chi connectivity index (χ3n) is 2.17. The van der Waals surface area contributed by atoms with Gasteiger partial charge in [-0.05, 0) is 17.7 Å². The highest BCUT2D eigenvalue weighted by molar-refractivity contribution is 5.93. The van der Waals surface area contributed by atoms with Gasteiger partial charge < -0.3 is 19.7 Å². The Morgan fingerprint density at radius 1 is 1.24 bits per heavy atom. The number of rotatable bonds is 3. The van der Waals surface area contributed by atoms with Gasteiger partial charge in [0, 0.05) is 0 Å². The van der Waals surface area contributed by atoms with Crippen molar-refractivity contribution in [2.24, 2.45) is 0 Å². The fourth-order valence-corrected chi connectivity index (χ4v) is 1.24. The summed E-state index contributed by atoms with van der Waals surface area (Å²) < 4.78 is 8.80. The molecule has 6 heteroatoms. The van der Waals surface area contributed by atoms with Crippen molar-refractivity contribution in [2.75, 3.05) is 14.2 Å². The molecule has 1 aromatic rings. The number of hydrogen-bond donors (Lipinski definition) is 2.